The van der Waals surface area contributed by atoms with Crippen molar-refractivity contribution in [3.63, 3.8) is 0 Å². The first-order valence-corrected chi connectivity index (χ1v) is 2.54. The highest BCUT2D eigenvalue weighted by Gasteiger charge is 1.90. The maximum absolute atomic E-state index is 10.2. The van der Waals surface area contributed by atoms with Gasteiger partial charge in [-0.05, 0) is 0 Å². The number of nitrogens with one attached hydrogen (secondary N) is 2. The highest BCUT2D eigenvalue weighted by molar-refractivity contribution is 7.78. The molecule has 0 unspecified atom stereocenters. The number of rotatable bonds is 2. The number of aliphatic hydroxyl groups is 1. The third kappa shape index (κ3) is 3.76. The van der Waals surface area contributed by atoms with Gasteiger partial charge in [0.05, 0.1) is 6.61 Å². The third-order valence-electron chi connectivity index (χ3n) is 0.499. The summed E-state index contributed by atoms with van der Waals surface area (Å²) in [6.45, 7) is 0.202. The molecule has 0 saturated carbocycles. The molecule has 0 spiro atoms. The second-order valence-electron chi connectivity index (χ2n) is 1.09. The van der Waals surface area contributed by atoms with E-state index in [4.69, 9.17) is 5.11 Å². The fourth-order valence-corrected chi connectivity index (χ4v) is 0.288. The van der Waals surface area contributed by atoms with Crippen molar-refractivity contribution in [1.29, 1.82) is 0 Å². The zero-order chi connectivity index (χ0) is 6.41. The van der Waals surface area contributed by atoms with Crippen LogP contribution in [0.1, 0.15) is 0 Å². The molecule has 0 bridgehead atoms. The molecule has 3 N–H and O–H groups in total. The van der Waals surface area contributed by atoms with Crippen LogP contribution in [0.2, 0.25) is 0 Å². The zero-order valence-corrected chi connectivity index (χ0v) is 5.11. The predicted molar refractivity (Wildman–Crippen MR) is 32.6 cm³/mol. The number of hydrogen-bond acceptors (Lipinski definition) is 3. The summed E-state index contributed by atoms with van der Waals surface area (Å²) in [4.78, 5) is 10.2. The molecule has 8 heavy (non-hydrogen) atoms. The van der Waals surface area contributed by atoms with E-state index in [9.17, 15) is 4.79 Å². The molecular formula is C3H8N2O2S. The average molecular weight is 136 g/mol. The molecule has 0 saturated heterocycles. The summed E-state index contributed by atoms with van der Waals surface area (Å²) in [5, 5.41) is 10.4. The van der Waals surface area contributed by atoms with Gasteiger partial charge >= 0.3 is 6.03 Å². The smallest absolute Gasteiger partial charge is 0.324 e. The molecule has 0 radical (unpaired) electrons. The van der Waals surface area contributed by atoms with Crippen LogP contribution in [0.25, 0.3) is 0 Å². The van der Waals surface area contributed by atoms with Gasteiger partial charge in [-0.25, -0.2) is 4.79 Å². The van der Waals surface area contributed by atoms with Crippen LogP contribution in [-0.2, 0) is 0 Å². The highest BCUT2D eigenvalue weighted by atomic mass is 32.1. The zero-order valence-electron chi connectivity index (χ0n) is 4.22. The van der Waals surface area contributed by atoms with Crippen molar-refractivity contribution in [1.82, 2.24) is 10.0 Å². The lowest BCUT2D eigenvalue weighted by Crippen LogP contribution is -2.31. The summed E-state index contributed by atoms with van der Waals surface area (Å²) in [6, 6.07) is -0.401. The Morgan fingerprint density at radius 1 is 1.75 bits per heavy atom. The minimum Gasteiger partial charge on any atom is -0.395 e. The van der Waals surface area contributed by atoms with Gasteiger partial charge in [0.1, 0.15) is 0 Å². The number of carbonyl (C=O) groups excluding carboxylic acids is 1. The lowest BCUT2D eigenvalue weighted by molar-refractivity contribution is 0.239. The van der Waals surface area contributed by atoms with Crippen LogP contribution in [0.4, 0.5) is 4.79 Å². The van der Waals surface area contributed by atoms with E-state index in [2.05, 4.69) is 18.1 Å². The second-order valence-corrected chi connectivity index (χ2v) is 1.31. The maximum Gasteiger partial charge on any atom is 0.324 e. The van der Waals surface area contributed by atoms with E-state index in [1.807, 2.05) is 4.72 Å². The number of carbonyl (C=O) groups is 1. The van der Waals surface area contributed by atoms with Gasteiger partial charge < -0.3 is 10.4 Å². The quantitative estimate of drug-likeness (QED) is 0.373. The second kappa shape index (κ2) is 4.73. The Morgan fingerprint density at radius 2 is 2.38 bits per heavy atom. The van der Waals surface area contributed by atoms with Crippen molar-refractivity contribution in [3.8, 4) is 0 Å². The monoisotopic (exact) mass is 136 g/mol. The standard InChI is InChI=1S/C3H8N2O2S/c6-2-1-4-3(7)5-8/h6,8H,1-2H2,(H2,4,5,7). The van der Waals surface area contributed by atoms with Gasteiger partial charge in [-0.1, -0.05) is 12.8 Å². The van der Waals surface area contributed by atoms with Crippen LogP contribution >= 0.6 is 12.8 Å². The molecule has 0 fully saturated rings. The molecule has 0 aliphatic carbocycles. The molecule has 0 aromatic rings. The molecule has 0 rings (SSSR count). The molecule has 2 amide bonds. The fraction of sp³-hybridized carbons (Fsp3) is 0.667. The lowest BCUT2D eigenvalue weighted by atomic mass is 10.7. The summed E-state index contributed by atoms with van der Waals surface area (Å²) >= 11 is 3.44. The van der Waals surface area contributed by atoms with Gasteiger partial charge in [-0.15, -0.1) is 0 Å². The summed E-state index contributed by atoms with van der Waals surface area (Å²) in [5.41, 5.74) is 0. The number of amides is 2. The number of thiol groups is 1. The molecule has 4 nitrogen and oxygen atoms in total. The Balaban J connectivity index is 2.99. The number of urea groups is 1. The van der Waals surface area contributed by atoms with Gasteiger partial charge in [0.25, 0.3) is 0 Å². The Bertz CT molecular complexity index is 77.7. The van der Waals surface area contributed by atoms with Crippen LogP contribution in [0.3, 0.4) is 0 Å². The van der Waals surface area contributed by atoms with Crippen LogP contribution in [0.15, 0.2) is 0 Å². The Hall–Kier alpha value is -0.420. The van der Waals surface area contributed by atoms with Gasteiger partial charge in [0, 0.05) is 6.54 Å². The summed E-state index contributed by atoms with van der Waals surface area (Å²) in [6.07, 6.45) is 0. The normalized spacial score (nSPS) is 8.25. The van der Waals surface area contributed by atoms with E-state index < -0.39 is 6.03 Å². The van der Waals surface area contributed by atoms with Crippen molar-refractivity contribution >= 4 is 18.8 Å². The van der Waals surface area contributed by atoms with E-state index in [1.54, 1.807) is 0 Å². The van der Waals surface area contributed by atoms with Gasteiger partial charge in [0.15, 0.2) is 0 Å². The van der Waals surface area contributed by atoms with E-state index in [0.29, 0.717) is 0 Å². The molecule has 0 aromatic heterocycles. The van der Waals surface area contributed by atoms with Crippen molar-refractivity contribution in [2.75, 3.05) is 13.2 Å². The average Bonchev–Trinajstić information content (AvgIpc) is 1.83. The van der Waals surface area contributed by atoms with Gasteiger partial charge in [-0.3, -0.25) is 4.72 Å². The topological polar surface area (TPSA) is 61.4 Å². The van der Waals surface area contributed by atoms with Crippen LogP contribution in [-0.4, -0.2) is 24.3 Å². The SMILES string of the molecule is O=C(NS)NCCO. The minimum absolute atomic E-state index is 0.0544. The number of hydrogen-bond donors (Lipinski definition) is 4. The van der Waals surface area contributed by atoms with Crippen molar-refractivity contribution in [2.45, 2.75) is 0 Å². The Kier molecular flexibility index (Phi) is 4.48. The Labute approximate surface area is 52.8 Å². The largest absolute Gasteiger partial charge is 0.395 e. The summed E-state index contributed by atoms with van der Waals surface area (Å²) < 4.78 is 2.03. The molecule has 0 heterocycles. The molecule has 0 aliphatic rings. The molecule has 0 aliphatic heterocycles. The molecule has 48 valence electrons. The summed E-state index contributed by atoms with van der Waals surface area (Å²) in [5.74, 6) is 0. The first-order chi connectivity index (χ1) is 3.81. The van der Waals surface area contributed by atoms with Crippen molar-refractivity contribution in [2.24, 2.45) is 0 Å². The van der Waals surface area contributed by atoms with E-state index in [-0.39, 0.29) is 13.2 Å². The maximum atomic E-state index is 10.2. The molecule has 0 aromatic carbocycles. The van der Waals surface area contributed by atoms with E-state index in [0.717, 1.165) is 0 Å². The molecule has 0 atom stereocenters. The van der Waals surface area contributed by atoms with Crippen LogP contribution in [0, 0.1) is 0 Å². The Morgan fingerprint density at radius 3 is 2.75 bits per heavy atom. The van der Waals surface area contributed by atoms with Crippen molar-refractivity contribution < 1.29 is 9.90 Å². The first-order valence-electron chi connectivity index (χ1n) is 2.10. The van der Waals surface area contributed by atoms with Gasteiger partial charge in [-0.2, -0.15) is 0 Å². The van der Waals surface area contributed by atoms with E-state index >= 15 is 0 Å². The fourth-order valence-electron chi connectivity index (χ4n) is 0.209. The lowest BCUT2D eigenvalue weighted by Gasteiger charge is -1.97. The minimum atomic E-state index is -0.401. The number of aliphatic hydroxyl groups excluding tert-OH is 1. The predicted octanol–water partition coefficient (Wildman–Crippen LogP) is -0.877. The highest BCUT2D eigenvalue weighted by Crippen LogP contribution is 1.63. The summed E-state index contributed by atoms with van der Waals surface area (Å²) in [7, 11) is 0. The van der Waals surface area contributed by atoms with Gasteiger partial charge in [0.2, 0.25) is 0 Å². The van der Waals surface area contributed by atoms with Crippen LogP contribution in [0.5, 0.6) is 0 Å². The van der Waals surface area contributed by atoms with Crippen molar-refractivity contribution in [3.05, 3.63) is 0 Å². The first kappa shape index (κ1) is 7.58. The van der Waals surface area contributed by atoms with E-state index in [1.165, 1.54) is 0 Å². The van der Waals surface area contributed by atoms with Crippen LogP contribution < -0.4 is 10.0 Å². The third-order valence-corrected chi connectivity index (χ3v) is 0.702. The molecular weight excluding hydrogens is 128 g/mol. The molecule has 5 heteroatoms.